The summed E-state index contributed by atoms with van der Waals surface area (Å²) < 4.78 is 38.0. The van der Waals surface area contributed by atoms with Crippen LogP contribution in [0.25, 0.3) is 11.5 Å². The molecule has 1 aromatic heterocycles. The summed E-state index contributed by atoms with van der Waals surface area (Å²) in [4.78, 5) is 0. The quantitative estimate of drug-likeness (QED) is 0.370. The Balaban J connectivity index is 1.67. The Labute approximate surface area is 170 Å². The maximum atomic E-state index is 13.4. The highest BCUT2D eigenvalue weighted by Gasteiger charge is 2.21. The van der Waals surface area contributed by atoms with Crippen molar-refractivity contribution in [2.45, 2.75) is 10.5 Å². The van der Waals surface area contributed by atoms with Crippen LogP contribution in [-0.4, -0.2) is 17.3 Å². The molecule has 0 aliphatic carbocycles. The Morgan fingerprint density at radius 2 is 1.41 bits per heavy atom. The average molecular weight is 410 g/mol. The van der Waals surface area contributed by atoms with Crippen LogP contribution in [0.2, 0.25) is 0 Å². The molecule has 0 N–H and O–H groups in total. The second-order valence-corrected chi connectivity index (χ2v) is 7.23. The summed E-state index contributed by atoms with van der Waals surface area (Å²) in [6.45, 7) is 0. The third-order valence-corrected chi connectivity index (χ3v) is 5.45. The number of hydrogen-bond donors (Lipinski definition) is 0. The molecule has 3 aromatic carbocycles. The number of hydrogen-bond acceptors (Lipinski definition) is 5. The van der Waals surface area contributed by atoms with E-state index in [4.69, 9.17) is 9.15 Å². The highest BCUT2D eigenvalue weighted by Crippen LogP contribution is 2.41. The highest BCUT2D eigenvalue weighted by molar-refractivity contribution is 7.99. The maximum Gasteiger partial charge on any atom is 0.277 e. The second-order valence-electron chi connectivity index (χ2n) is 6.17. The molecule has 7 heteroatoms. The van der Waals surface area contributed by atoms with E-state index in [1.165, 1.54) is 36.0 Å². The molecule has 146 valence electrons. The molecule has 4 aromatic rings. The number of rotatable bonds is 6. The van der Waals surface area contributed by atoms with Crippen LogP contribution >= 0.6 is 11.8 Å². The van der Waals surface area contributed by atoms with Crippen LogP contribution in [0.15, 0.2) is 82.4 Å². The number of para-hydroxylation sites is 1. The van der Waals surface area contributed by atoms with E-state index < -0.39 is 0 Å². The number of thioether (sulfide) groups is 1. The van der Waals surface area contributed by atoms with Crippen LogP contribution in [0, 0.1) is 11.6 Å². The largest absolute Gasteiger partial charge is 0.496 e. The monoisotopic (exact) mass is 410 g/mol. The molecule has 1 heterocycles. The van der Waals surface area contributed by atoms with Gasteiger partial charge in [0.05, 0.1) is 17.9 Å². The molecule has 0 atom stereocenters. The maximum absolute atomic E-state index is 13.4. The van der Waals surface area contributed by atoms with Crippen molar-refractivity contribution in [1.82, 2.24) is 10.2 Å². The molecule has 0 spiro atoms. The first-order chi connectivity index (χ1) is 14.1. The predicted octanol–water partition coefficient (Wildman–Crippen LogP) is 5.91. The lowest BCUT2D eigenvalue weighted by Gasteiger charge is -2.15. The molecule has 0 aliphatic rings. The topological polar surface area (TPSA) is 48.2 Å². The molecule has 0 bridgehead atoms. The van der Waals surface area contributed by atoms with Gasteiger partial charge in [0.2, 0.25) is 0 Å². The Morgan fingerprint density at radius 1 is 0.828 bits per heavy atom. The zero-order valence-corrected chi connectivity index (χ0v) is 16.2. The van der Waals surface area contributed by atoms with Gasteiger partial charge >= 0.3 is 0 Å². The SMILES string of the molecule is COc1ccccc1-c1nnc(SC(c2ccc(F)cc2)c2ccc(F)cc2)o1. The fraction of sp³-hybridized carbons (Fsp3) is 0.0909. The Bertz CT molecular complexity index is 1050. The van der Waals surface area contributed by atoms with Gasteiger partial charge in [0.25, 0.3) is 11.1 Å². The lowest BCUT2D eigenvalue weighted by Crippen LogP contribution is -1.97. The van der Waals surface area contributed by atoms with Crippen LogP contribution in [0.3, 0.4) is 0 Å². The summed E-state index contributed by atoms with van der Waals surface area (Å²) in [7, 11) is 1.57. The van der Waals surface area contributed by atoms with Crippen LogP contribution in [0.5, 0.6) is 5.75 Å². The fourth-order valence-electron chi connectivity index (χ4n) is 2.89. The summed E-state index contributed by atoms with van der Waals surface area (Å²) in [5.74, 6) is 0.309. The normalized spacial score (nSPS) is 11.0. The van der Waals surface area contributed by atoms with Gasteiger partial charge in [0.1, 0.15) is 17.4 Å². The van der Waals surface area contributed by atoms with E-state index in [2.05, 4.69) is 10.2 Å². The van der Waals surface area contributed by atoms with E-state index in [0.717, 1.165) is 11.1 Å². The van der Waals surface area contributed by atoms with E-state index in [9.17, 15) is 8.78 Å². The van der Waals surface area contributed by atoms with Gasteiger partial charge in [-0.2, -0.15) is 0 Å². The van der Waals surface area contributed by atoms with Crippen molar-refractivity contribution in [3.8, 4) is 17.2 Å². The van der Waals surface area contributed by atoms with E-state index in [1.54, 1.807) is 31.4 Å². The first-order valence-electron chi connectivity index (χ1n) is 8.78. The summed E-state index contributed by atoms with van der Waals surface area (Å²) in [5, 5.41) is 8.32. The van der Waals surface area contributed by atoms with E-state index >= 15 is 0 Å². The molecule has 0 aliphatic heterocycles. The minimum absolute atomic E-state index is 0.276. The Morgan fingerprint density at radius 3 is 2.00 bits per heavy atom. The highest BCUT2D eigenvalue weighted by atomic mass is 32.2. The van der Waals surface area contributed by atoms with Gasteiger partial charge in [-0.15, -0.1) is 10.2 Å². The predicted molar refractivity (Wildman–Crippen MR) is 107 cm³/mol. The van der Waals surface area contributed by atoms with Crippen molar-refractivity contribution in [3.63, 3.8) is 0 Å². The van der Waals surface area contributed by atoms with Gasteiger partial charge < -0.3 is 9.15 Å². The first kappa shape index (κ1) is 19.1. The third kappa shape index (κ3) is 4.30. The lowest BCUT2D eigenvalue weighted by atomic mass is 10.0. The van der Waals surface area contributed by atoms with Gasteiger partial charge in [-0.05, 0) is 47.5 Å². The molecular formula is C22H16F2N2O2S. The molecule has 4 rings (SSSR count). The average Bonchev–Trinajstić information content (AvgIpc) is 3.22. The van der Waals surface area contributed by atoms with Gasteiger partial charge in [-0.1, -0.05) is 48.2 Å². The van der Waals surface area contributed by atoms with Crippen molar-refractivity contribution < 1.29 is 17.9 Å². The number of halogens is 2. The van der Waals surface area contributed by atoms with Crippen molar-refractivity contribution in [2.24, 2.45) is 0 Å². The molecule has 0 fully saturated rings. The summed E-state index contributed by atoms with van der Waals surface area (Å²) >= 11 is 1.31. The van der Waals surface area contributed by atoms with Gasteiger partial charge in [-0.25, -0.2) is 8.78 Å². The molecule has 0 unspecified atom stereocenters. The second kappa shape index (κ2) is 8.45. The minimum atomic E-state index is -0.326. The summed E-state index contributed by atoms with van der Waals surface area (Å²) in [6.07, 6.45) is 0. The van der Waals surface area contributed by atoms with Crippen molar-refractivity contribution in [1.29, 1.82) is 0 Å². The first-order valence-corrected chi connectivity index (χ1v) is 9.66. The minimum Gasteiger partial charge on any atom is -0.496 e. The Kier molecular flexibility index (Phi) is 5.57. The number of benzene rings is 3. The smallest absolute Gasteiger partial charge is 0.277 e. The van der Waals surface area contributed by atoms with Gasteiger partial charge in [-0.3, -0.25) is 0 Å². The van der Waals surface area contributed by atoms with E-state index in [-0.39, 0.29) is 16.9 Å². The van der Waals surface area contributed by atoms with Crippen LogP contribution in [-0.2, 0) is 0 Å². The molecule has 29 heavy (non-hydrogen) atoms. The van der Waals surface area contributed by atoms with Gasteiger partial charge in [0, 0.05) is 0 Å². The van der Waals surface area contributed by atoms with E-state index in [1.807, 2.05) is 24.3 Å². The van der Waals surface area contributed by atoms with Crippen molar-refractivity contribution in [3.05, 3.63) is 95.6 Å². The molecule has 4 nitrogen and oxygen atoms in total. The molecule has 0 saturated carbocycles. The lowest BCUT2D eigenvalue weighted by molar-refractivity contribution is 0.411. The van der Waals surface area contributed by atoms with Crippen LogP contribution in [0.4, 0.5) is 8.78 Å². The molecule has 0 saturated heterocycles. The number of nitrogens with zero attached hydrogens (tertiary/aromatic N) is 2. The number of ether oxygens (including phenoxy) is 1. The summed E-state index contributed by atoms with van der Waals surface area (Å²) in [6, 6.07) is 19.7. The Hall–Kier alpha value is -3.19. The fourth-order valence-corrected chi connectivity index (χ4v) is 3.90. The molecule has 0 radical (unpaired) electrons. The van der Waals surface area contributed by atoms with Crippen LogP contribution < -0.4 is 4.74 Å². The van der Waals surface area contributed by atoms with Crippen molar-refractivity contribution in [2.75, 3.05) is 7.11 Å². The molecular weight excluding hydrogens is 394 g/mol. The standard InChI is InChI=1S/C22H16F2N2O2S/c1-27-19-5-3-2-4-18(19)21-25-26-22(28-21)29-20(14-6-10-16(23)11-7-14)15-8-12-17(24)13-9-15/h2-13,20H,1H3. The number of aromatic nitrogens is 2. The van der Waals surface area contributed by atoms with E-state index in [0.29, 0.717) is 22.4 Å². The third-order valence-electron chi connectivity index (χ3n) is 4.31. The molecule has 0 amide bonds. The van der Waals surface area contributed by atoms with Crippen LogP contribution in [0.1, 0.15) is 16.4 Å². The number of methoxy groups -OCH3 is 1. The zero-order valence-electron chi connectivity index (χ0n) is 15.4. The zero-order chi connectivity index (χ0) is 20.2. The summed E-state index contributed by atoms with van der Waals surface area (Å²) in [5.41, 5.74) is 2.36. The van der Waals surface area contributed by atoms with Crippen molar-refractivity contribution >= 4 is 11.8 Å². The van der Waals surface area contributed by atoms with Gasteiger partial charge in [0.15, 0.2) is 0 Å².